The van der Waals surface area contributed by atoms with E-state index in [9.17, 15) is 4.79 Å². The maximum Gasteiger partial charge on any atom is 0.421 e. The van der Waals surface area contributed by atoms with E-state index in [-0.39, 0.29) is 6.04 Å². The van der Waals surface area contributed by atoms with Gasteiger partial charge in [0, 0.05) is 6.54 Å². The fourth-order valence-electron chi connectivity index (χ4n) is 1.23. The Balaban J connectivity index is 2.38. The van der Waals surface area contributed by atoms with E-state index in [1.54, 1.807) is 0 Å². The third kappa shape index (κ3) is 2.06. The summed E-state index contributed by atoms with van der Waals surface area (Å²) < 4.78 is 0. The molecule has 1 atom stereocenters. The standard InChI is InChI=1S/C6H13N3O2/c7-9(6(10)11)5-2-1-3-8-4-5/h5,8H,1-4,7H2,(H,10,11). The fraction of sp³-hybridized carbons (Fsp3) is 0.833. The molecule has 1 unspecified atom stereocenters. The van der Waals surface area contributed by atoms with Gasteiger partial charge in [-0.05, 0) is 19.4 Å². The van der Waals surface area contributed by atoms with E-state index in [2.05, 4.69) is 5.32 Å². The molecular weight excluding hydrogens is 146 g/mol. The average molecular weight is 159 g/mol. The van der Waals surface area contributed by atoms with E-state index >= 15 is 0 Å². The number of piperidine rings is 1. The molecule has 64 valence electrons. The summed E-state index contributed by atoms with van der Waals surface area (Å²) in [6, 6.07) is -0.0544. The molecule has 0 aromatic rings. The SMILES string of the molecule is NN(C(=O)O)C1CCCNC1. The second-order valence-electron chi connectivity index (χ2n) is 2.69. The van der Waals surface area contributed by atoms with Crippen LogP contribution in [0.1, 0.15) is 12.8 Å². The number of carbonyl (C=O) groups is 1. The second-order valence-corrected chi connectivity index (χ2v) is 2.69. The summed E-state index contributed by atoms with van der Waals surface area (Å²) >= 11 is 0. The summed E-state index contributed by atoms with van der Waals surface area (Å²) in [6.07, 6.45) is 0.792. The third-order valence-electron chi connectivity index (χ3n) is 1.89. The first-order valence-electron chi connectivity index (χ1n) is 3.69. The Bertz CT molecular complexity index is 145. The van der Waals surface area contributed by atoms with Crippen LogP contribution in [0.2, 0.25) is 0 Å². The van der Waals surface area contributed by atoms with E-state index < -0.39 is 6.09 Å². The number of hydrogen-bond acceptors (Lipinski definition) is 3. The molecule has 1 aliphatic heterocycles. The van der Waals surface area contributed by atoms with E-state index in [1.807, 2.05) is 0 Å². The van der Waals surface area contributed by atoms with Crippen molar-refractivity contribution in [3.05, 3.63) is 0 Å². The zero-order chi connectivity index (χ0) is 8.27. The van der Waals surface area contributed by atoms with Crippen molar-refractivity contribution >= 4 is 6.09 Å². The quantitative estimate of drug-likeness (QED) is 0.276. The van der Waals surface area contributed by atoms with Crippen molar-refractivity contribution in [2.45, 2.75) is 18.9 Å². The molecule has 0 spiro atoms. The van der Waals surface area contributed by atoms with Crippen LogP contribution in [0.3, 0.4) is 0 Å². The molecule has 1 fully saturated rings. The molecule has 1 saturated heterocycles. The van der Waals surface area contributed by atoms with Crippen LogP contribution in [0.15, 0.2) is 0 Å². The fourth-order valence-corrected chi connectivity index (χ4v) is 1.23. The van der Waals surface area contributed by atoms with Gasteiger partial charge >= 0.3 is 6.09 Å². The molecule has 0 aromatic carbocycles. The van der Waals surface area contributed by atoms with Crippen LogP contribution in [-0.2, 0) is 0 Å². The van der Waals surface area contributed by atoms with Gasteiger partial charge < -0.3 is 10.4 Å². The smallest absolute Gasteiger partial charge is 0.421 e. The molecule has 1 heterocycles. The molecule has 0 radical (unpaired) electrons. The van der Waals surface area contributed by atoms with Crippen molar-refractivity contribution in [2.75, 3.05) is 13.1 Å². The van der Waals surface area contributed by atoms with Crippen LogP contribution in [0.5, 0.6) is 0 Å². The van der Waals surface area contributed by atoms with Gasteiger partial charge in [0.15, 0.2) is 0 Å². The normalized spacial score (nSPS) is 24.6. The summed E-state index contributed by atoms with van der Waals surface area (Å²) in [7, 11) is 0. The van der Waals surface area contributed by atoms with E-state index in [0.717, 1.165) is 24.4 Å². The summed E-state index contributed by atoms with van der Waals surface area (Å²) in [5.74, 6) is 5.28. The summed E-state index contributed by atoms with van der Waals surface area (Å²) in [4.78, 5) is 10.4. The van der Waals surface area contributed by atoms with Gasteiger partial charge in [-0.2, -0.15) is 0 Å². The van der Waals surface area contributed by atoms with Crippen molar-refractivity contribution in [3.8, 4) is 0 Å². The first-order chi connectivity index (χ1) is 5.22. The average Bonchev–Trinajstić information content (AvgIpc) is 2.05. The molecule has 0 saturated carbocycles. The third-order valence-corrected chi connectivity index (χ3v) is 1.89. The Morgan fingerprint density at radius 3 is 2.91 bits per heavy atom. The number of nitrogens with zero attached hydrogens (tertiary/aromatic N) is 1. The van der Waals surface area contributed by atoms with Crippen molar-refractivity contribution in [1.82, 2.24) is 10.3 Å². The highest BCUT2D eigenvalue weighted by molar-refractivity contribution is 5.64. The minimum absolute atomic E-state index is 0.0544. The maximum absolute atomic E-state index is 10.4. The van der Waals surface area contributed by atoms with Crippen LogP contribution < -0.4 is 11.2 Å². The molecule has 11 heavy (non-hydrogen) atoms. The molecule has 0 aromatic heterocycles. The van der Waals surface area contributed by atoms with E-state index in [1.165, 1.54) is 0 Å². The largest absolute Gasteiger partial charge is 0.464 e. The highest BCUT2D eigenvalue weighted by atomic mass is 16.4. The van der Waals surface area contributed by atoms with Crippen molar-refractivity contribution < 1.29 is 9.90 Å². The van der Waals surface area contributed by atoms with Gasteiger partial charge in [0.1, 0.15) is 0 Å². The Morgan fingerprint density at radius 2 is 2.45 bits per heavy atom. The highest BCUT2D eigenvalue weighted by Crippen LogP contribution is 2.06. The van der Waals surface area contributed by atoms with Crippen LogP contribution in [0.4, 0.5) is 4.79 Å². The van der Waals surface area contributed by atoms with E-state index in [0.29, 0.717) is 6.54 Å². The van der Waals surface area contributed by atoms with Gasteiger partial charge in [-0.25, -0.2) is 15.6 Å². The highest BCUT2D eigenvalue weighted by Gasteiger charge is 2.21. The number of rotatable bonds is 1. The topological polar surface area (TPSA) is 78.6 Å². The molecule has 0 bridgehead atoms. The predicted octanol–water partition coefficient (Wildman–Crippen LogP) is -0.408. The number of hydrogen-bond donors (Lipinski definition) is 3. The lowest BCUT2D eigenvalue weighted by atomic mass is 10.1. The maximum atomic E-state index is 10.4. The van der Waals surface area contributed by atoms with Crippen LogP contribution in [0.25, 0.3) is 0 Å². The zero-order valence-electron chi connectivity index (χ0n) is 6.29. The second kappa shape index (κ2) is 3.54. The Labute approximate surface area is 65.1 Å². The number of hydrazine groups is 1. The van der Waals surface area contributed by atoms with Gasteiger partial charge in [0.25, 0.3) is 0 Å². The van der Waals surface area contributed by atoms with Gasteiger partial charge in [0.05, 0.1) is 6.04 Å². The number of nitrogens with one attached hydrogen (secondary N) is 1. The number of carboxylic acid groups (broad SMARTS) is 1. The van der Waals surface area contributed by atoms with Crippen LogP contribution in [-0.4, -0.2) is 35.3 Å². The van der Waals surface area contributed by atoms with Crippen molar-refractivity contribution in [1.29, 1.82) is 0 Å². The Kier molecular flexibility index (Phi) is 2.67. The molecule has 5 nitrogen and oxygen atoms in total. The van der Waals surface area contributed by atoms with Gasteiger partial charge in [-0.1, -0.05) is 0 Å². The zero-order valence-corrected chi connectivity index (χ0v) is 6.29. The molecule has 4 N–H and O–H groups in total. The lowest BCUT2D eigenvalue weighted by Crippen LogP contribution is -2.51. The number of amides is 1. The minimum atomic E-state index is -1.06. The van der Waals surface area contributed by atoms with Crippen molar-refractivity contribution in [3.63, 3.8) is 0 Å². The first-order valence-corrected chi connectivity index (χ1v) is 3.69. The van der Waals surface area contributed by atoms with Gasteiger partial charge in [0.2, 0.25) is 0 Å². The Hall–Kier alpha value is -0.810. The molecular formula is C6H13N3O2. The molecule has 0 aliphatic carbocycles. The Morgan fingerprint density at radius 1 is 1.73 bits per heavy atom. The first kappa shape index (κ1) is 8.29. The van der Waals surface area contributed by atoms with Crippen molar-refractivity contribution in [2.24, 2.45) is 5.84 Å². The predicted molar refractivity (Wildman–Crippen MR) is 39.9 cm³/mol. The molecule has 1 aliphatic rings. The van der Waals surface area contributed by atoms with Crippen LogP contribution in [0, 0.1) is 0 Å². The van der Waals surface area contributed by atoms with Gasteiger partial charge in [-0.15, -0.1) is 0 Å². The van der Waals surface area contributed by atoms with E-state index in [4.69, 9.17) is 10.9 Å². The van der Waals surface area contributed by atoms with Gasteiger partial charge in [-0.3, -0.25) is 0 Å². The lowest BCUT2D eigenvalue weighted by Gasteiger charge is -2.28. The molecule has 1 rings (SSSR count). The summed E-state index contributed by atoms with van der Waals surface area (Å²) in [6.45, 7) is 1.63. The molecule has 1 amide bonds. The lowest BCUT2D eigenvalue weighted by molar-refractivity contribution is 0.115. The molecule has 5 heteroatoms. The number of nitrogens with two attached hydrogens (primary N) is 1. The monoisotopic (exact) mass is 159 g/mol. The minimum Gasteiger partial charge on any atom is -0.464 e. The summed E-state index contributed by atoms with van der Waals surface area (Å²) in [5.41, 5.74) is 0. The van der Waals surface area contributed by atoms with Crippen LogP contribution >= 0.6 is 0 Å². The summed E-state index contributed by atoms with van der Waals surface area (Å²) in [5, 5.41) is 12.5.